The average molecular weight is 450 g/mol. The lowest BCUT2D eigenvalue weighted by molar-refractivity contribution is 0.0526. The molecule has 1 aliphatic rings. The van der Waals surface area contributed by atoms with Crippen LogP contribution in [-0.2, 0) is 19.5 Å². The van der Waals surface area contributed by atoms with E-state index in [2.05, 4.69) is 10.6 Å². The Hall–Kier alpha value is -2.53. The molecule has 10 heteroatoms. The van der Waals surface area contributed by atoms with Crippen LogP contribution >= 0.6 is 12.2 Å². The summed E-state index contributed by atoms with van der Waals surface area (Å²) in [7, 11) is -3.53. The number of carbonyl (C=O) groups is 1. The molecular weight excluding hydrogens is 426 g/mol. The third-order valence-electron chi connectivity index (χ3n) is 4.37. The van der Waals surface area contributed by atoms with E-state index in [0.29, 0.717) is 55.0 Å². The van der Waals surface area contributed by atoms with Gasteiger partial charge < -0.3 is 20.1 Å². The monoisotopic (exact) mass is 449 g/mol. The summed E-state index contributed by atoms with van der Waals surface area (Å²) in [5, 5.41) is 6.36. The number of hydrogen-bond acceptors (Lipinski definition) is 6. The van der Waals surface area contributed by atoms with Crippen molar-refractivity contribution in [3.05, 3.63) is 54.1 Å². The van der Waals surface area contributed by atoms with Gasteiger partial charge in [0.1, 0.15) is 0 Å². The van der Waals surface area contributed by atoms with E-state index in [0.717, 1.165) is 0 Å². The standard InChI is InChI=1S/C20H23N3O5S2/c1-2-28-19(24)15-3-5-16(6-4-15)21-20(29)22-17-7-9-18(10-8-17)30(25,26)23-11-13-27-14-12-23/h3-10H,2,11-14H2,1H3,(H2,21,22,29). The van der Waals surface area contributed by atoms with Crippen LogP contribution in [0.4, 0.5) is 11.4 Å². The Morgan fingerprint density at radius 3 is 2.10 bits per heavy atom. The maximum absolute atomic E-state index is 12.7. The van der Waals surface area contributed by atoms with Crippen molar-refractivity contribution in [3.8, 4) is 0 Å². The highest BCUT2D eigenvalue weighted by Gasteiger charge is 2.26. The van der Waals surface area contributed by atoms with E-state index < -0.39 is 10.0 Å². The van der Waals surface area contributed by atoms with Gasteiger partial charge in [-0.3, -0.25) is 0 Å². The molecule has 30 heavy (non-hydrogen) atoms. The lowest BCUT2D eigenvalue weighted by atomic mass is 10.2. The first-order chi connectivity index (χ1) is 14.4. The molecule has 2 N–H and O–H groups in total. The number of nitrogens with one attached hydrogen (secondary N) is 2. The van der Waals surface area contributed by atoms with E-state index in [1.165, 1.54) is 4.31 Å². The van der Waals surface area contributed by atoms with E-state index in [4.69, 9.17) is 21.7 Å². The van der Waals surface area contributed by atoms with E-state index in [-0.39, 0.29) is 10.9 Å². The first-order valence-corrected chi connectivity index (χ1v) is 11.3. The summed E-state index contributed by atoms with van der Waals surface area (Å²) >= 11 is 5.30. The Bertz CT molecular complexity index is 986. The van der Waals surface area contributed by atoms with Crippen LogP contribution in [-0.4, -0.2) is 56.7 Å². The molecule has 0 bridgehead atoms. The maximum atomic E-state index is 12.7. The summed E-state index contributed by atoms with van der Waals surface area (Å²) < 4.78 is 36.9. The highest BCUT2D eigenvalue weighted by Crippen LogP contribution is 2.20. The third-order valence-corrected chi connectivity index (χ3v) is 6.49. The summed E-state index contributed by atoms with van der Waals surface area (Å²) in [5.74, 6) is -0.378. The van der Waals surface area contributed by atoms with Gasteiger partial charge in [-0.2, -0.15) is 4.31 Å². The molecule has 0 unspecified atom stereocenters. The molecule has 2 aromatic rings. The zero-order valence-electron chi connectivity index (χ0n) is 16.5. The van der Waals surface area contributed by atoms with Gasteiger partial charge in [0.2, 0.25) is 10.0 Å². The zero-order valence-corrected chi connectivity index (χ0v) is 18.1. The minimum atomic E-state index is -3.53. The second-order valence-electron chi connectivity index (χ2n) is 6.42. The summed E-state index contributed by atoms with van der Waals surface area (Å²) in [4.78, 5) is 11.9. The topological polar surface area (TPSA) is 97.0 Å². The zero-order chi connectivity index (χ0) is 21.6. The van der Waals surface area contributed by atoms with Crippen LogP contribution in [0.3, 0.4) is 0 Å². The normalized spacial score (nSPS) is 14.7. The van der Waals surface area contributed by atoms with Crippen LogP contribution < -0.4 is 10.6 Å². The Kier molecular flexibility index (Phi) is 7.38. The molecule has 1 fully saturated rings. The van der Waals surface area contributed by atoms with Crippen LogP contribution in [0.5, 0.6) is 0 Å². The van der Waals surface area contributed by atoms with Gasteiger partial charge in [0.25, 0.3) is 0 Å². The van der Waals surface area contributed by atoms with Crippen LogP contribution in [0.2, 0.25) is 0 Å². The maximum Gasteiger partial charge on any atom is 0.338 e. The van der Waals surface area contributed by atoms with E-state index in [9.17, 15) is 13.2 Å². The number of nitrogens with zero attached hydrogens (tertiary/aromatic N) is 1. The number of hydrogen-bond donors (Lipinski definition) is 2. The number of carbonyl (C=O) groups excluding carboxylic acids is 1. The molecule has 1 aliphatic heterocycles. The van der Waals surface area contributed by atoms with Gasteiger partial charge in [-0.1, -0.05) is 0 Å². The highest BCUT2D eigenvalue weighted by atomic mass is 32.2. The first-order valence-electron chi connectivity index (χ1n) is 9.43. The molecule has 0 amide bonds. The minimum absolute atomic E-state index is 0.225. The van der Waals surface area contributed by atoms with Gasteiger partial charge in [0, 0.05) is 24.5 Å². The fraction of sp³-hybridized carbons (Fsp3) is 0.300. The quantitative estimate of drug-likeness (QED) is 0.513. The molecule has 0 saturated carbocycles. The van der Waals surface area contributed by atoms with Crippen LogP contribution in [0.15, 0.2) is 53.4 Å². The van der Waals surface area contributed by atoms with Crippen molar-refractivity contribution >= 4 is 44.7 Å². The molecule has 3 rings (SSSR count). The number of benzene rings is 2. The van der Waals surface area contributed by atoms with Crippen LogP contribution in [0.1, 0.15) is 17.3 Å². The number of esters is 1. The summed E-state index contributed by atoms with van der Waals surface area (Å²) in [5.41, 5.74) is 1.81. The van der Waals surface area contributed by atoms with E-state index >= 15 is 0 Å². The predicted octanol–water partition coefficient (Wildman–Crippen LogP) is 2.69. The number of rotatable bonds is 6. The molecule has 160 valence electrons. The van der Waals surface area contributed by atoms with Crippen molar-refractivity contribution in [1.29, 1.82) is 0 Å². The second kappa shape index (κ2) is 9.98. The van der Waals surface area contributed by atoms with Crippen molar-refractivity contribution in [2.75, 3.05) is 43.5 Å². The molecule has 0 atom stereocenters. The molecular formula is C20H23N3O5S2. The first kappa shape index (κ1) is 22.2. The molecule has 0 radical (unpaired) electrons. The molecule has 8 nitrogen and oxygen atoms in total. The molecule has 2 aromatic carbocycles. The smallest absolute Gasteiger partial charge is 0.338 e. The summed E-state index contributed by atoms with van der Waals surface area (Å²) in [6.07, 6.45) is 0. The van der Waals surface area contributed by atoms with Crippen molar-refractivity contribution in [2.24, 2.45) is 0 Å². The fourth-order valence-corrected chi connectivity index (χ4v) is 4.49. The highest BCUT2D eigenvalue weighted by molar-refractivity contribution is 7.89. The average Bonchev–Trinajstić information content (AvgIpc) is 2.75. The third kappa shape index (κ3) is 5.54. The summed E-state index contributed by atoms with van der Waals surface area (Å²) in [6.45, 7) is 3.58. The number of morpholine rings is 1. The van der Waals surface area contributed by atoms with Crippen LogP contribution in [0.25, 0.3) is 0 Å². The molecule has 0 spiro atoms. The number of sulfonamides is 1. The van der Waals surface area contributed by atoms with Crippen molar-refractivity contribution in [1.82, 2.24) is 4.31 Å². The largest absolute Gasteiger partial charge is 0.462 e. The van der Waals surface area contributed by atoms with Gasteiger partial charge in [-0.15, -0.1) is 0 Å². The van der Waals surface area contributed by atoms with Gasteiger partial charge in [0.05, 0.1) is 30.3 Å². The van der Waals surface area contributed by atoms with Crippen molar-refractivity contribution < 1.29 is 22.7 Å². The van der Waals surface area contributed by atoms with Crippen LogP contribution in [0, 0.1) is 0 Å². The Labute approximate surface area is 181 Å². The Morgan fingerprint density at radius 1 is 1.03 bits per heavy atom. The van der Waals surface area contributed by atoms with Crippen molar-refractivity contribution in [3.63, 3.8) is 0 Å². The number of thiocarbonyl (C=S) groups is 1. The second-order valence-corrected chi connectivity index (χ2v) is 8.76. The number of anilines is 2. The minimum Gasteiger partial charge on any atom is -0.462 e. The predicted molar refractivity (Wildman–Crippen MR) is 118 cm³/mol. The lowest BCUT2D eigenvalue weighted by Gasteiger charge is -2.26. The van der Waals surface area contributed by atoms with Gasteiger partial charge >= 0.3 is 5.97 Å². The summed E-state index contributed by atoms with van der Waals surface area (Å²) in [6, 6.07) is 13.1. The lowest BCUT2D eigenvalue weighted by Crippen LogP contribution is -2.40. The van der Waals surface area contributed by atoms with Gasteiger partial charge in [-0.25, -0.2) is 13.2 Å². The Morgan fingerprint density at radius 2 is 1.57 bits per heavy atom. The van der Waals surface area contributed by atoms with Gasteiger partial charge in [0.15, 0.2) is 5.11 Å². The van der Waals surface area contributed by atoms with E-state index in [1.54, 1.807) is 55.5 Å². The molecule has 1 heterocycles. The number of ether oxygens (including phenoxy) is 2. The van der Waals surface area contributed by atoms with E-state index in [1.807, 2.05) is 0 Å². The van der Waals surface area contributed by atoms with Crippen molar-refractivity contribution in [2.45, 2.75) is 11.8 Å². The SMILES string of the molecule is CCOC(=O)c1ccc(NC(=S)Nc2ccc(S(=O)(=O)N3CCOCC3)cc2)cc1. The van der Waals surface area contributed by atoms with Gasteiger partial charge in [-0.05, 0) is 67.7 Å². The fourth-order valence-electron chi connectivity index (χ4n) is 2.84. The molecule has 0 aliphatic carbocycles. The Balaban J connectivity index is 1.58. The molecule has 1 saturated heterocycles. The molecule has 0 aromatic heterocycles.